The number of H-pyrrole nitrogens is 1. The molecule has 3 atom stereocenters. The molecule has 25 heavy (non-hydrogen) atoms. The average Bonchev–Trinajstić information content (AvgIpc) is 2.91. The Labute approximate surface area is 147 Å². The second-order valence-electron chi connectivity index (χ2n) is 6.92. The summed E-state index contributed by atoms with van der Waals surface area (Å²) in [5, 5.41) is 18.3. The molecule has 0 aliphatic heterocycles. The lowest BCUT2D eigenvalue weighted by Gasteiger charge is -2.41. The maximum Gasteiger partial charge on any atom is 0.161 e. The molecule has 0 amide bonds. The molecule has 6 heteroatoms. The second-order valence-corrected chi connectivity index (χ2v) is 6.92. The Morgan fingerprint density at radius 3 is 2.60 bits per heavy atom. The lowest BCUT2D eigenvalue weighted by atomic mass is 9.64. The van der Waals surface area contributed by atoms with Crippen LogP contribution in [-0.4, -0.2) is 40.9 Å². The summed E-state index contributed by atoms with van der Waals surface area (Å²) >= 11 is 0. The Hall–Kier alpha value is -2.34. The summed E-state index contributed by atoms with van der Waals surface area (Å²) in [5.41, 5.74) is 2.43. The van der Waals surface area contributed by atoms with E-state index in [0.29, 0.717) is 17.9 Å². The highest BCUT2D eigenvalue weighted by atomic mass is 16.5. The quantitative estimate of drug-likeness (QED) is 0.889. The first-order valence-corrected chi connectivity index (χ1v) is 8.28. The van der Waals surface area contributed by atoms with Gasteiger partial charge >= 0.3 is 0 Å². The van der Waals surface area contributed by atoms with Gasteiger partial charge in [0.1, 0.15) is 5.78 Å². The number of methoxy groups -OCH3 is 2. The monoisotopic (exact) mass is 344 g/mol. The van der Waals surface area contributed by atoms with Crippen molar-refractivity contribution in [2.45, 2.75) is 38.7 Å². The van der Waals surface area contributed by atoms with Gasteiger partial charge in [-0.25, -0.2) is 0 Å². The fourth-order valence-corrected chi connectivity index (χ4v) is 4.09. The molecular formula is C19H24N2O4. The molecule has 0 saturated carbocycles. The largest absolute Gasteiger partial charge is 0.493 e. The van der Waals surface area contributed by atoms with Gasteiger partial charge in [0.15, 0.2) is 11.5 Å². The van der Waals surface area contributed by atoms with E-state index in [1.807, 2.05) is 25.1 Å². The van der Waals surface area contributed by atoms with Gasteiger partial charge in [0, 0.05) is 23.6 Å². The van der Waals surface area contributed by atoms with Gasteiger partial charge < -0.3 is 14.6 Å². The van der Waals surface area contributed by atoms with Crippen LogP contribution in [0.25, 0.3) is 0 Å². The minimum Gasteiger partial charge on any atom is -0.493 e. The number of hydrogen-bond donors (Lipinski definition) is 2. The number of benzene rings is 1. The number of hydrogen-bond acceptors (Lipinski definition) is 5. The van der Waals surface area contributed by atoms with Gasteiger partial charge in [-0.05, 0) is 38.5 Å². The molecule has 1 aliphatic carbocycles. The Morgan fingerprint density at radius 1 is 1.32 bits per heavy atom. The molecule has 0 fully saturated rings. The number of nitrogens with one attached hydrogen (secondary N) is 1. The maximum atomic E-state index is 12.5. The van der Waals surface area contributed by atoms with Crippen LogP contribution in [0.15, 0.2) is 18.2 Å². The van der Waals surface area contributed by atoms with E-state index in [4.69, 9.17) is 9.47 Å². The minimum absolute atomic E-state index is 0.0453. The van der Waals surface area contributed by atoms with Gasteiger partial charge in [0.05, 0.1) is 31.4 Å². The van der Waals surface area contributed by atoms with Crippen molar-refractivity contribution < 1.29 is 19.4 Å². The lowest BCUT2D eigenvalue weighted by Crippen LogP contribution is -2.48. The van der Waals surface area contributed by atoms with Crippen LogP contribution in [0.5, 0.6) is 11.5 Å². The molecule has 1 aliphatic rings. The van der Waals surface area contributed by atoms with Crippen LogP contribution in [0.4, 0.5) is 0 Å². The lowest BCUT2D eigenvalue weighted by molar-refractivity contribution is -0.130. The molecule has 0 unspecified atom stereocenters. The number of ketones is 1. The van der Waals surface area contributed by atoms with Crippen molar-refractivity contribution >= 4 is 5.78 Å². The van der Waals surface area contributed by atoms with Crippen molar-refractivity contribution in [2.75, 3.05) is 14.2 Å². The number of rotatable bonds is 4. The summed E-state index contributed by atoms with van der Waals surface area (Å²) < 4.78 is 10.7. The van der Waals surface area contributed by atoms with E-state index in [1.165, 1.54) is 6.92 Å². The predicted octanol–water partition coefficient (Wildman–Crippen LogP) is 2.38. The van der Waals surface area contributed by atoms with E-state index in [0.717, 1.165) is 22.5 Å². The summed E-state index contributed by atoms with van der Waals surface area (Å²) in [6.07, 6.45) is 0.348. The standard InChI is InChI=1S/C19H24N2O4/c1-10-16-13(21-20-10)9-19(3,23)18(11(2)22)17(16)12-6-7-14(24-4)15(8-12)25-5/h6-8,17-18,23H,9H2,1-5H3,(H,20,21)/t17-,18+,19+/m1/s1. The number of Topliss-reactive ketones (excluding diaryl/α,β-unsaturated/α-hetero) is 1. The van der Waals surface area contributed by atoms with Gasteiger partial charge in [-0.1, -0.05) is 6.07 Å². The molecule has 2 N–H and O–H groups in total. The normalized spacial score (nSPS) is 25.4. The molecule has 0 bridgehead atoms. The highest BCUT2D eigenvalue weighted by Gasteiger charge is 2.48. The van der Waals surface area contributed by atoms with Gasteiger partial charge in [0.2, 0.25) is 0 Å². The number of nitrogens with zero attached hydrogens (tertiary/aromatic N) is 1. The number of aromatic nitrogens is 2. The Kier molecular flexibility index (Phi) is 4.33. The third kappa shape index (κ3) is 2.80. The number of fused-ring (bicyclic) bond motifs is 1. The van der Waals surface area contributed by atoms with Crippen LogP contribution in [0.2, 0.25) is 0 Å². The summed E-state index contributed by atoms with van der Waals surface area (Å²) in [6, 6.07) is 5.61. The summed E-state index contributed by atoms with van der Waals surface area (Å²) in [4.78, 5) is 12.5. The van der Waals surface area contributed by atoms with Crippen molar-refractivity contribution in [3.63, 3.8) is 0 Å². The smallest absolute Gasteiger partial charge is 0.161 e. The van der Waals surface area contributed by atoms with E-state index in [9.17, 15) is 9.90 Å². The molecular weight excluding hydrogens is 320 g/mol. The molecule has 0 saturated heterocycles. The minimum atomic E-state index is -1.17. The van der Waals surface area contributed by atoms with Gasteiger partial charge in [-0.15, -0.1) is 0 Å². The molecule has 0 radical (unpaired) electrons. The molecule has 3 rings (SSSR count). The molecule has 134 valence electrons. The van der Waals surface area contributed by atoms with Gasteiger partial charge in [0.25, 0.3) is 0 Å². The van der Waals surface area contributed by atoms with Gasteiger partial charge in [-0.3, -0.25) is 9.89 Å². The van der Waals surface area contributed by atoms with Crippen molar-refractivity contribution in [2.24, 2.45) is 5.92 Å². The summed E-state index contributed by atoms with van der Waals surface area (Å²) in [7, 11) is 3.16. The Morgan fingerprint density at radius 2 is 2.00 bits per heavy atom. The average molecular weight is 344 g/mol. The summed E-state index contributed by atoms with van der Waals surface area (Å²) in [5.74, 6) is 0.313. The van der Waals surface area contributed by atoms with Crippen molar-refractivity contribution in [1.82, 2.24) is 10.2 Å². The summed E-state index contributed by atoms with van der Waals surface area (Å²) in [6.45, 7) is 5.18. The number of aryl methyl sites for hydroxylation is 1. The second kappa shape index (κ2) is 6.19. The SMILES string of the molecule is COc1ccc([C@@H]2c3c(n[nH]c3C)C[C@](C)(O)[C@H]2C(C)=O)cc1OC. The predicted molar refractivity (Wildman–Crippen MR) is 93.2 cm³/mol. The first-order chi connectivity index (χ1) is 11.8. The van der Waals surface area contributed by atoms with Crippen LogP contribution in [0.1, 0.15) is 42.3 Å². The van der Waals surface area contributed by atoms with Crippen LogP contribution < -0.4 is 9.47 Å². The van der Waals surface area contributed by atoms with E-state index in [-0.39, 0.29) is 11.7 Å². The Bertz CT molecular complexity index is 810. The van der Waals surface area contributed by atoms with E-state index in [2.05, 4.69) is 10.2 Å². The van der Waals surface area contributed by atoms with E-state index < -0.39 is 11.5 Å². The van der Waals surface area contributed by atoms with Crippen molar-refractivity contribution in [1.29, 1.82) is 0 Å². The van der Waals surface area contributed by atoms with Crippen molar-refractivity contribution in [3.05, 3.63) is 40.7 Å². The molecule has 1 aromatic heterocycles. The maximum absolute atomic E-state index is 12.5. The number of carbonyl (C=O) groups excluding carboxylic acids is 1. The first kappa shape index (κ1) is 17.5. The van der Waals surface area contributed by atoms with Crippen molar-refractivity contribution in [3.8, 4) is 11.5 Å². The molecule has 0 spiro atoms. The number of carbonyl (C=O) groups is 1. The Balaban J connectivity index is 2.23. The molecule has 6 nitrogen and oxygen atoms in total. The molecule has 1 heterocycles. The van der Waals surface area contributed by atoms with E-state index >= 15 is 0 Å². The topological polar surface area (TPSA) is 84.4 Å². The van der Waals surface area contributed by atoms with E-state index in [1.54, 1.807) is 21.1 Å². The highest BCUT2D eigenvalue weighted by Crippen LogP contribution is 2.47. The third-order valence-corrected chi connectivity index (χ3v) is 5.12. The zero-order valence-corrected chi connectivity index (χ0v) is 15.2. The fraction of sp³-hybridized carbons (Fsp3) is 0.474. The van der Waals surface area contributed by atoms with Crippen LogP contribution >= 0.6 is 0 Å². The number of aromatic amines is 1. The van der Waals surface area contributed by atoms with Gasteiger partial charge in [-0.2, -0.15) is 5.10 Å². The number of ether oxygens (including phenoxy) is 2. The third-order valence-electron chi connectivity index (χ3n) is 5.12. The van der Waals surface area contributed by atoms with Crippen LogP contribution in [0, 0.1) is 12.8 Å². The zero-order chi connectivity index (χ0) is 18.4. The fourth-order valence-electron chi connectivity index (χ4n) is 4.09. The number of aliphatic hydroxyl groups is 1. The van der Waals surface area contributed by atoms with Crippen LogP contribution in [-0.2, 0) is 11.2 Å². The van der Waals surface area contributed by atoms with Crippen LogP contribution in [0.3, 0.4) is 0 Å². The highest BCUT2D eigenvalue weighted by molar-refractivity contribution is 5.82. The molecule has 2 aromatic rings. The molecule has 1 aromatic carbocycles. The first-order valence-electron chi connectivity index (χ1n) is 8.28. The zero-order valence-electron chi connectivity index (χ0n) is 15.2.